The van der Waals surface area contributed by atoms with Gasteiger partial charge >= 0.3 is 51.4 Å². The Morgan fingerprint density at radius 3 is 2.29 bits per heavy atom. The number of carboxylic acids is 1. The number of methoxy groups -OCH3 is 1. The maximum absolute atomic E-state index is 13.9. The molecule has 0 bridgehead atoms. The number of aliphatic carboxylic acids is 1. The van der Waals surface area contributed by atoms with Crippen molar-refractivity contribution in [3.63, 3.8) is 0 Å². The Hall–Kier alpha value is -3.64. The molecule has 0 amide bonds. The van der Waals surface area contributed by atoms with Crippen LogP contribution in [0, 0.1) is 0 Å². The van der Waals surface area contributed by atoms with Crippen molar-refractivity contribution in [3.8, 4) is 17.2 Å². The van der Waals surface area contributed by atoms with Crippen LogP contribution in [-0.2, 0) is 11.3 Å². The first kappa shape index (κ1) is 38.6. The van der Waals surface area contributed by atoms with Gasteiger partial charge in [0.05, 0.1) is 19.4 Å². The maximum Gasteiger partial charge on any atom is 1.00 e. The summed E-state index contributed by atoms with van der Waals surface area (Å²) >= 11 is 0. The second-order valence-corrected chi connectivity index (χ2v) is 12.5. The number of carbonyl (C=O) groups excluding carboxylic acids is 2. The molecule has 1 aromatic heterocycles. The van der Waals surface area contributed by atoms with Gasteiger partial charge in [0.15, 0.2) is 17.3 Å². The summed E-state index contributed by atoms with van der Waals surface area (Å²) in [5.74, 6) is 0.754. The van der Waals surface area contributed by atoms with Crippen LogP contribution in [-0.4, -0.2) is 67.7 Å². The molecular weight excluding hydrogens is 670 g/mol. The predicted octanol–water partition coefficient (Wildman–Crippen LogP) is 3.15. The Morgan fingerprint density at radius 2 is 1.55 bits per heavy atom. The molecule has 1 aliphatic heterocycles. The predicted molar refractivity (Wildman–Crippen MR) is 193 cm³/mol. The number of ether oxygens (including phenoxy) is 3. The van der Waals surface area contributed by atoms with E-state index in [2.05, 4.69) is 34.1 Å². The number of ketones is 1. The van der Waals surface area contributed by atoms with Crippen LogP contribution in [0.15, 0.2) is 103 Å². The third kappa shape index (κ3) is 9.62. The second-order valence-electron chi connectivity index (χ2n) is 12.5. The van der Waals surface area contributed by atoms with Crippen molar-refractivity contribution in [1.82, 2.24) is 9.47 Å². The van der Waals surface area contributed by atoms with E-state index in [1.165, 1.54) is 0 Å². The number of nitrogens with zero attached hydrogens (tertiary/aromatic N) is 3. The molecule has 260 valence electrons. The average Bonchev–Trinajstić information content (AvgIpc) is 3.52. The number of aryl methyl sites for hydroxylation is 1. The Bertz CT molecular complexity index is 1900. The molecular formula is C41H44KN3O6. The van der Waals surface area contributed by atoms with Crippen molar-refractivity contribution in [2.24, 2.45) is 0 Å². The Kier molecular flexibility index (Phi) is 14.2. The number of fused-ring (bicyclic) bond motifs is 1. The molecule has 6 rings (SSSR count). The number of piperazine rings is 1. The molecule has 5 aromatic rings. The van der Waals surface area contributed by atoms with Gasteiger partial charge in [0.25, 0.3) is 0 Å². The Labute approximate surface area is 342 Å². The number of hydrogen-bond acceptors (Lipinski definition) is 8. The molecule has 9 nitrogen and oxygen atoms in total. The largest absolute Gasteiger partial charge is 1.00 e. The third-order valence-corrected chi connectivity index (χ3v) is 9.27. The number of carboxylic acid groups (broad SMARTS) is 1. The second kappa shape index (κ2) is 18.7. The van der Waals surface area contributed by atoms with E-state index in [-0.39, 0.29) is 69.7 Å². The minimum absolute atomic E-state index is 0. The topological polar surface area (TPSA) is 96.3 Å². The quantitative estimate of drug-likeness (QED) is 0.114. The monoisotopic (exact) mass is 713 g/mol. The van der Waals surface area contributed by atoms with Crippen LogP contribution in [0.5, 0.6) is 17.2 Å². The Balaban J connectivity index is 0.00000504. The van der Waals surface area contributed by atoms with Crippen LogP contribution < -0.4 is 75.6 Å². The van der Waals surface area contributed by atoms with Crippen LogP contribution in [0.1, 0.15) is 53.8 Å². The van der Waals surface area contributed by atoms with E-state index in [0.29, 0.717) is 42.2 Å². The van der Waals surface area contributed by atoms with Crippen LogP contribution in [0.3, 0.4) is 0 Å². The number of carbonyl (C=O) groups is 2. The van der Waals surface area contributed by atoms with Gasteiger partial charge in [-0.3, -0.25) is 9.69 Å². The van der Waals surface area contributed by atoms with Gasteiger partial charge in [-0.05, 0) is 61.7 Å². The number of anilines is 1. The fourth-order valence-corrected chi connectivity index (χ4v) is 6.69. The molecule has 2 heterocycles. The van der Waals surface area contributed by atoms with Gasteiger partial charge in [0, 0.05) is 79.9 Å². The van der Waals surface area contributed by atoms with E-state index in [1.54, 1.807) is 19.2 Å². The summed E-state index contributed by atoms with van der Waals surface area (Å²) in [6.45, 7) is 7.71. The molecule has 1 atom stereocenters. The summed E-state index contributed by atoms with van der Waals surface area (Å²) < 4.78 is 20.3. The Morgan fingerprint density at radius 1 is 0.824 bits per heavy atom. The molecule has 0 radical (unpaired) electrons. The van der Waals surface area contributed by atoms with Crippen LogP contribution in [0.4, 0.5) is 5.69 Å². The molecule has 0 N–H and O–H groups in total. The van der Waals surface area contributed by atoms with Crippen molar-refractivity contribution < 1.29 is 80.3 Å². The normalized spacial score (nSPS) is 13.7. The van der Waals surface area contributed by atoms with Crippen LogP contribution in [0.25, 0.3) is 10.9 Å². The van der Waals surface area contributed by atoms with Gasteiger partial charge in [0.1, 0.15) is 11.9 Å². The average molecular weight is 714 g/mol. The zero-order chi connectivity index (χ0) is 34.9. The zero-order valence-corrected chi connectivity index (χ0v) is 32.9. The van der Waals surface area contributed by atoms with E-state index < -0.39 is 5.97 Å². The van der Waals surface area contributed by atoms with Gasteiger partial charge in [-0.1, -0.05) is 60.7 Å². The zero-order valence-electron chi connectivity index (χ0n) is 29.8. The summed E-state index contributed by atoms with van der Waals surface area (Å²) in [4.78, 5) is 29.7. The van der Waals surface area contributed by atoms with Gasteiger partial charge in [-0.15, -0.1) is 0 Å². The standard InChI is InChI=1S/C41H45N3O6.K/c1-3-49-37-17-10-9-16-35(37)43-26-24-42(25-27-43)23-21-36(30-12-5-4-6-13-30)50-38-20-19-31(28-39(38)48-2)41(47)33-29-44(22-11-18-40(45)46)34-15-8-7-14-32(33)34;/h4-10,12-17,19-20,28-29,36H,3,11,18,21-27H2,1-2H3,(H,45,46);/q;+1/p-1/t36-;/m0./s1. The smallest absolute Gasteiger partial charge is 0.550 e. The minimum atomic E-state index is -1.08. The summed E-state index contributed by atoms with van der Waals surface area (Å²) in [7, 11) is 1.58. The fourth-order valence-electron chi connectivity index (χ4n) is 6.69. The third-order valence-electron chi connectivity index (χ3n) is 9.27. The van der Waals surface area contributed by atoms with Crippen molar-refractivity contribution in [2.75, 3.05) is 51.3 Å². The molecule has 10 heteroatoms. The van der Waals surface area contributed by atoms with E-state index >= 15 is 0 Å². The molecule has 0 spiro atoms. The summed E-state index contributed by atoms with van der Waals surface area (Å²) in [6.07, 6.45) is 2.74. The molecule has 1 fully saturated rings. The van der Waals surface area contributed by atoms with Crippen molar-refractivity contribution in [3.05, 3.63) is 120 Å². The van der Waals surface area contributed by atoms with Crippen LogP contribution in [0.2, 0.25) is 0 Å². The first-order valence-corrected chi connectivity index (χ1v) is 17.4. The summed E-state index contributed by atoms with van der Waals surface area (Å²) in [5, 5.41) is 11.8. The molecule has 4 aromatic carbocycles. The maximum atomic E-state index is 13.9. The van der Waals surface area contributed by atoms with Gasteiger partial charge in [-0.25, -0.2) is 0 Å². The van der Waals surface area contributed by atoms with E-state index in [0.717, 1.165) is 67.0 Å². The molecule has 51 heavy (non-hydrogen) atoms. The van der Waals surface area contributed by atoms with Crippen molar-refractivity contribution in [2.45, 2.75) is 38.8 Å². The van der Waals surface area contributed by atoms with Crippen LogP contribution >= 0.6 is 0 Å². The molecule has 0 aliphatic carbocycles. The molecule has 0 unspecified atom stereocenters. The number of benzene rings is 4. The number of para-hydroxylation sites is 3. The number of hydrogen-bond donors (Lipinski definition) is 0. The SMILES string of the molecule is CCOc1ccccc1N1CCN(CC[C@H](Oc2ccc(C(=O)c3cn(CCCC(=O)[O-])c4ccccc34)cc2OC)c2ccccc2)CC1.[K+]. The summed E-state index contributed by atoms with van der Waals surface area (Å²) in [5.41, 5.74) is 4.13. The first-order valence-electron chi connectivity index (χ1n) is 17.4. The van der Waals surface area contributed by atoms with Crippen molar-refractivity contribution in [1.29, 1.82) is 0 Å². The summed E-state index contributed by atoms with van der Waals surface area (Å²) in [6, 6.07) is 31.5. The minimum Gasteiger partial charge on any atom is -0.550 e. The fraction of sp³-hybridized carbons (Fsp3) is 0.317. The van der Waals surface area contributed by atoms with Gasteiger partial charge in [0.2, 0.25) is 0 Å². The van der Waals surface area contributed by atoms with E-state index in [9.17, 15) is 14.7 Å². The number of rotatable bonds is 16. The van der Waals surface area contributed by atoms with E-state index in [1.807, 2.05) is 78.4 Å². The first-order chi connectivity index (χ1) is 24.4. The molecule has 1 saturated heterocycles. The molecule has 1 aliphatic rings. The van der Waals surface area contributed by atoms with Gasteiger partial charge < -0.3 is 33.6 Å². The van der Waals surface area contributed by atoms with E-state index in [4.69, 9.17) is 14.2 Å². The molecule has 0 saturated carbocycles. The number of aromatic nitrogens is 1. The van der Waals surface area contributed by atoms with Crippen molar-refractivity contribution >= 4 is 28.3 Å². The van der Waals surface area contributed by atoms with Gasteiger partial charge in [-0.2, -0.15) is 0 Å².